The Hall–Kier alpha value is -2.44. The van der Waals surface area contributed by atoms with Gasteiger partial charge in [0.1, 0.15) is 11.3 Å². The Kier molecular flexibility index (Phi) is 3.08. The third kappa shape index (κ3) is 1.75. The van der Waals surface area contributed by atoms with Crippen LogP contribution >= 0.6 is 11.6 Å². The van der Waals surface area contributed by atoms with Gasteiger partial charge in [-0.3, -0.25) is 14.9 Å². The van der Waals surface area contributed by atoms with Gasteiger partial charge in [0.25, 0.3) is 11.5 Å². The van der Waals surface area contributed by atoms with Crippen molar-refractivity contribution in [2.75, 3.05) is 0 Å². The van der Waals surface area contributed by atoms with Gasteiger partial charge in [0.05, 0.1) is 4.92 Å². The van der Waals surface area contributed by atoms with Crippen LogP contribution in [0.4, 0.5) is 5.69 Å². The topological polar surface area (TPSA) is 89.7 Å². The number of benzene rings is 2. The monoisotopic (exact) mass is 359 g/mol. The minimum atomic E-state index is -2.32. The minimum Gasteiger partial charge on any atom is -0.455 e. The van der Waals surface area contributed by atoms with Gasteiger partial charge >= 0.3 is 0 Å². The van der Waals surface area contributed by atoms with Crippen LogP contribution in [0.15, 0.2) is 36.4 Å². The molecule has 0 spiro atoms. The summed E-state index contributed by atoms with van der Waals surface area (Å²) in [6.07, 6.45) is 0. The van der Waals surface area contributed by atoms with Gasteiger partial charge in [-0.15, -0.1) is 0 Å². The maximum absolute atomic E-state index is 13.0. The highest BCUT2D eigenvalue weighted by Crippen LogP contribution is 2.63. The van der Waals surface area contributed by atoms with Crippen LogP contribution in [0.2, 0.25) is 0 Å². The lowest BCUT2D eigenvalue weighted by Crippen LogP contribution is -2.44. The van der Waals surface area contributed by atoms with Gasteiger partial charge < -0.3 is 9.84 Å². The van der Waals surface area contributed by atoms with Gasteiger partial charge in [-0.1, -0.05) is 49.7 Å². The van der Waals surface area contributed by atoms with E-state index in [9.17, 15) is 20.0 Å². The van der Waals surface area contributed by atoms with Crippen LogP contribution in [-0.2, 0) is 10.7 Å². The Morgan fingerprint density at radius 1 is 1.28 bits per heavy atom. The summed E-state index contributed by atoms with van der Waals surface area (Å²) in [5.74, 6) is -2.46. The second-order valence-corrected chi connectivity index (χ2v) is 7.17. The molecule has 25 heavy (non-hydrogen) atoms. The molecule has 6 nitrogen and oxygen atoms in total. The van der Waals surface area contributed by atoms with E-state index < -0.39 is 27.1 Å². The molecule has 0 radical (unpaired) electrons. The Morgan fingerprint density at radius 3 is 2.64 bits per heavy atom. The van der Waals surface area contributed by atoms with Gasteiger partial charge in [0.15, 0.2) is 5.78 Å². The van der Waals surface area contributed by atoms with Crippen LogP contribution in [0.1, 0.15) is 46.8 Å². The van der Waals surface area contributed by atoms with Crippen molar-refractivity contribution in [2.24, 2.45) is 0 Å². The molecule has 2 aliphatic rings. The number of carbonyl (C=O) groups is 1. The summed E-state index contributed by atoms with van der Waals surface area (Å²) >= 11 is 6.62. The first-order valence-corrected chi connectivity index (χ1v) is 8.17. The van der Waals surface area contributed by atoms with Gasteiger partial charge in [0, 0.05) is 17.2 Å². The fourth-order valence-electron chi connectivity index (χ4n) is 3.60. The number of rotatable bonds is 2. The number of carbonyl (C=O) groups excluding carboxylic acids is 1. The van der Waals surface area contributed by atoms with Crippen LogP contribution in [0.25, 0.3) is 0 Å². The van der Waals surface area contributed by atoms with E-state index in [1.54, 1.807) is 12.1 Å². The first-order chi connectivity index (χ1) is 11.7. The van der Waals surface area contributed by atoms with Crippen LogP contribution < -0.4 is 4.74 Å². The summed E-state index contributed by atoms with van der Waals surface area (Å²) in [5, 5.41) is 22.6. The second kappa shape index (κ2) is 4.80. The highest BCUT2D eigenvalue weighted by atomic mass is 35.5. The maximum atomic E-state index is 13.0. The normalized spacial score (nSPS) is 26.2. The third-order valence-electron chi connectivity index (χ3n) is 4.90. The number of alkyl halides is 1. The van der Waals surface area contributed by atoms with E-state index >= 15 is 0 Å². The number of hydrogen-bond acceptors (Lipinski definition) is 5. The molecule has 0 saturated carbocycles. The van der Waals surface area contributed by atoms with E-state index in [-0.39, 0.29) is 22.8 Å². The molecule has 2 aromatic carbocycles. The summed E-state index contributed by atoms with van der Waals surface area (Å²) in [6.45, 7) is 3.99. The van der Waals surface area contributed by atoms with Gasteiger partial charge in [-0.2, -0.15) is 0 Å². The molecule has 0 amide bonds. The molecule has 1 N–H and O–H groups in total. The highest BCUT2D eigenvalue weighted by Gasteiger charge is 2.72. The van der Waals surface area contributed by atoms with E-state index in [4.69, 9.17) is 16.3 Å². The Labute approximate surface area is 148 Å². The van der Waals surface area contributed by atoms with Crippen molar-refractivity contribution in [3.05, 3.63) is 68.8 Å². The zero-order valence-corrected chi connectivity index (χ0v) is 14.2. The number of Topliss-reactive ketones (excluding diaryl/α,β-unsaturated/α-hetero) is 1. The summed E-state index contributed by atoms with van der Waals surface area (Å²) in [5.41, 5.74) is 0.676. The summed E-state index contributed by atoms with van der Waals surface area (Å²) in [4.78, 5) is 21.8. The zero-order valence-electron chi connectivity index (χ0n) is 13.4. The predicted octanol–water partition coefficient (Wildman–Crippen LogP) is 3.59. The third-order valence-corrected chi connectivity index (χ3v) is 5.54. The highest BCUT2D eigenvalue weighted by molar-refractivity contribution is 6.41. The number of halogens is 1. The number of ether oxygens (including phenoxy) is 1. The predicted molar refractivity (Wildman–Crippen MR) is 90.0 cm³/mol. The first-order valence-electron chi connectivity index (χ1n) is 7.79. The molecule has 1 aliphatic heterocycles. The first kappa shape index (κ1) is 16.1. The lowest BCUT2D eigenvalue weighted by molar-refractivity contribution is -0.387. The van der Waals surface area contributed by atoms with Crippen LogP contribution in [0.5, 0.6) is 5.75 Å². The smallest absolute Gasteiger partial charge is 0.280 e. The molecule has 1 aliphatic carbocycles. The second-order valence-electron chi connectivity index (χ2n) is 6.60. The zero-order chi connectivity index (χ0) is 18.1. The number of hydrogen-bond donors (Lipinski definition) is 1. The Balaban J connectivity index is 2.00. The molecule has 0 bridgehead atoms. The fraction of sp³-hybridized carbons (Fsp3) is 0.278. The Morgan fingerprint density at radius 2 is 2.00 bits per heavy atom. The molecular weight excluding hydrogens is 346 g/mol. The van der Waals surface area contributed by atoms with Crippen molar-refractivity contribution in [1.29, 1.82) is 0 Å². The molecular formula is C18H14ClNO5. The lowest BCUT2D eigenvalue weighted by atomic mass is 9.89. The molecule has 2 unspecified atom stereocenters. The lowest BCUT2D eigenvalue weighted by Gasteiger charge is -2.27. The molecule has 0 saturated heterocycles. The summed E-state index contributed by atoms with van der Waals surface area (Å²) in [7, 11) is 0. The quantitative estimate of drug-likeness (QED) is 0.503. The number of nitrogens with zero attached hydrogens (tertiary/aromatic N) is 1. The van der Waals surface area contributed by atoms with Crippen molar-refractivity contribution in [1.82, 2.24) is 0 Å². The van der Waals surface area contributed by atoms with Crippen molar-refractivity contribution < 1.29 is 19.6 Å². The van der Waals surface area contributed by atoms with E-state index in [1.807, 2.05) is 19.9 Å². The number of aliphatic hydroxyl groups is 1. The maximum Gasteiger partial charge on any atom is 0.280 e. The molecule has 2 aromatic rings. The van der Waals surface area contributed by atoms with E-state index in [2.05, 4.69) is 0 Å². The van der Waals surface area contributed by atoms with Crippen LogP contribution in [0, 0.1) is 10.1 Å². The molecule has 2 atom stereocenters. The molecule has 1 heterocycles. The average Bonchev–Trinajstić information content (AvgIpc) is 2.90. The van der Waals surface area contributed by atoms with Gasteiger partial charge in [-0.25, -0.2) is 0 Å². The van der Waals surface area contributed by atoms with Crippen molar-refractivity contribution in [3.8, 4) is 5.75 Å². The van der Waals surface area contributed by atoms with Crippen LogP contribution in [0.3, 0.4) is 0 Å². The van der Waals surface area contributed by atoms with E-state index in [0.29, 0.717) is 5.56 Å². The van der Waals surface area contributed by atoms with Crippen molar-refractivity contribution in [3.63, 3.8) is 0 Å². The van der Waals surface area contributed by atoms with Gasteiger partial charge in [0.2, 0.25) is 4.87 Å². The standard InChI is InChI=1S/C18H14ClNO5/c1-9(2)10-6-7-12-14(8-10)25-18(22)15-11(16(21)17(12,18)19)4-3-5-13(15)20(23)24/h3-9,22H,1-2H3. The fourth-order valence-corrected chi connectivity index (χ4v) is 3.99. The molecule has 0 aromatic heterocycles. The van der Waals surface area contributed by atoms with E-state index in [0.717, 1.165) is 5.56 Å². The van der Waals surface area contributed by atoms with Crippen molar-refractivity contribution >= 4 is 23.1 Å². The average molecular weight is 360 g/mol. The number of nitro groups is 1. The van der Waals surface area contributed by atoms with Crippen molar-refractivity contribution in [2.45, 2.75) is 30.4 Å². The largest absolute Gasteiger partial charge is 0.455 e. The number of fused-ring (bicyclic) bond motifs is 5. The summed E-state index contributed by atoms with van der Waals surface area (Å²) in [6, 6.07) is 9.19. The number of nitro benzene ring substituents is 1. The SMILES string of the molecule is CC(C)c1ccc2c(c1)OC1(O)c3c(cccc3[N+](=O)[O-])C(=O)C21Cl. The Bertz CT molecular complexity index is 956. The molecule has 0 fully saturated rings. The number of ketones is 1. The molecule has 128 valence electrons. The van der Waals surface area contributed by atoms with Crippen LogP contribution in [-0.4, -0.2) is 15.8 Å². The summed E-state index contributed by atoms with van der Waals surface area (Å²) < 4.78 is 5.70. The van der Waals surface area contributed by atoms with E-state index in [1.165, 1.54) is 18.2 Å². The molecule has 7 heteroatoms. The minimum absolute atomic E-state index is 0.00489. The molecule has 4 rings (SSSR count). The van der Waals surface area contributed by atoms with Gasteiger partial charge in [-0.05, 0) is 17.5 Å².